The van der Waals surface area contributed by atoms with Crippen LogP contribution in [0.3, 0.4) is 0 Å². The summed E-state index contributed by atoms with van der Waals surface area (Å²) in [6.45, 7) is 4.53. The highest BCUT2D eigenvalue weighted by molar-refractivity contribution is 14.0. The van der Waals surface area contributed by atoms with E-state index >= 15 is 0 Å². The number of nitrogens with zero attached hydrogens (tertiary/aromatic N) is 3. The Morgan fingerprint density at radius 3 is 2.85 bits per heavy atom. The number of rotatable bonds is 3. The normalized spacial score (nSPS) is 21.2. The maximum Gasteiger partial charge on any atom is 0.224 e. The number of halogens is 1. The first-order valence-electron chi connectivity index (χ1n) is 9.48. The molecule has 1 N–H and O–H groups in total. The summed E-state index contributed by atoms with van der Waals surface area (Å²) in [5, 5.41) is 5.55. The summed E-state index contributed by atoms with van der Waals surface area (Å²) in [6, 6.07) is 2.16. The quantitative estimate of drug-likeness (QED) is 0.404. The number of hydrogen-bond donors (Lipinski definition) is 1. The average molecular weight is 488 g/mol. The van der Waals surface area contributed by atoms with Crippen LogP contribution in [0.15, 0.2) is 16.4 Å². The van der Waals surface area contributed by atoms with E-state index in [1.165, 1.54) is 36.1 Å². The minimum Gasteiger partial charge on any atom is -0.356 e. The second-order valence-electron chi connectivity index (χ2n) is 7.68. The molecule has 2 aliphatic heterocycles. The lowest BCUT2D eigenvalue weighted by molar-refractivity contribution is -0.131. The van der Waals surface area contributed by atoms with Crippen LogP contribution in [-0.4, -0.2) is 54.9 Å². The molecule has 3 heterocycles. The smallest absolute Gasteiger partial charge is 0.224 e. The molecule has 0 atom stereocenters. The largest absolute Gasteiger partial charge is 0.356 e. The third-order valence-electron chi connectivity index (χ3n) is 6.15. The van der Waals surface area contributed by atoms with Gasteiger partial charge in [0.2, 0.25) is 5.91 Å². The van der Waals surface area contributed by atoms with Crippen LogP contribution in [0.25, 0.3) is 0 Å². The van der Waals surface area contributed by atoms with Crippen LogP contribution in [0.2, 0.25) is 0 Å². The molecule has 144 valence electrons. The Labute approximate surface area is 177 Å². The number of carbonyl (C=O) groups excluding carboxylic acids is 1. The van der Waals surface area contributed by atoms with E-state index in [0.717, 1.165) is 38.6 Å². The molecule has 0 bridgehead atoms. The molecule has 1 saturated carbocycles. The highest BCUT2D eigenvalue weighted by Crippen LogP contribution is 2.47. The molecule has 0 aromatic carbocycles. The van der Waals surface area contributed by atoms with Crippen LogP contribution in [0, 0.1) is 5.41 Å². The van der Waals surface area contributed by atoms with Gasteiger partial charge in [0, 0.05) is 51.1 Å². The summed E-state index contributed by atoms with van der Waals surface area (Å²) in [4.78, 5) is 22.8. The molecule has 1 saturated heterocycles. The van der Waals surface area contributed by atoms with Gasteiger partial charge in [0.05, 0.1) is 0 Å². The Balaban J connectivity index is 0.00000196. The van der Waals surface area contributed by atoms with Gasteiger partial charge in [0.15, 0.2) is 5.96 Å². The average Bonchev–Trinajstić information content (AvgIpc) is 3.24. The molecule has 0 unspecified atom stereocenters. The molecule has 1 aliphatic carbocycles. The molecular formula is C19H29IN4OS. The van der Waals surface area contributed by atoms with Gasteiger partial charge in [0.1, 0.15) is 0 Å². The van der Waals surface area contributed by atoms with Crippen molar-refractivity contribution in [2.45, 2.75) is 45.1 Å². The zero-order valence-electron chi connectivity index (χ0n) is 15.5. The number of guanidine groups is 1. The van der Waals surface area contributed by atoms with Crippen molar-refractivity contribution in [3.63, 3.8) is 0 Å². The second kappa shape index (κ2) is 8.46. The van der Waals surface area contributed by atoms with Gasteiger partial charge in [-0.2, -0.15) is 0 Å². The van der Waals surface area contributed by atoms with Gasteiger partial charge < -0.3 is 15.1 Å². The maximum atomic E-state index is 12.5. The molecule has 5 nitrogen and oxygen atoms in total. The summed E-state index contributed by atoms with van der Waals surface area (Å²) >= 11 is 1.81. The first-order valence-corrected chi connectivity index (χ1v) is 10.4. The van der Waals surface area contributed by atoms with Gasteiger partial charge in [-0.15, -0.1) is 35.3 Å². The zero-order valence-corrected chi connectivity index (χ0v) is 18.6. The van der Waals surface area contributed by atoms with Crippen molar-refractivity contribution >= 4 is 47.2 Å². The number of amides is 1. The standard InChI is InChI=1S/C19H28N4OS.HI/c1-20-18(23-11-8-19(14-23)6-2-7-19)21-9-3-17(24)22-10-4-16-15(13-22)5-12-25-16;/h5,12H,2-4,6-11,13-14H2,1H3,(H,20,21);1H. The molecule has 2 fully saturated rings. The van der Waals surface area contributed by atoms with Crippen LogP contribution < -0.4 is 5.32 Å². The molecule has 1 amide bonds. The number of nitrogens with one attached hydrogen (secondary N) is 1. The number of carbonyl (C=O) groups is 1. The first-order chi connectivity index (χ1) is 12.2. The van der Waals surface area contributed by atoms with Crippen LogP contribution in [0.4, 0.5) is 0 Å². The van der Waals surface area contributed by atoms with Crippen molar-refractivity contribution in [1.82, 2.24) is 15.1 Å². The van der Waals surface area contributed by atoms with E-state index in [1.807, 2.05) is 23.3 Å². The molecule has 1 spiro atoms. The lowest BCUT2D eigenvalue weighted by Crippen LogP contribution is -2.44. The monoisotopic (exact) mass is 488 g/mol. The number of likely N-dealkylation sites (tertiary alicyclic amines) is 1. The van der Waals surface area contributed by atoms with Crippen LogP contribution in [0.1, 0.15) is 42.5 Å². The van der Waals surface area contributed by atoms with E-state index in [2.05, 4.69) is 26.7 Å². The van der Waals surface area contributed by atoms with Gasteiger partial charge in [-0.3, -0.25) is 9.79 Å². The summed E-state index contributed by atoms with van der Waals surface area (Å²) in [5.41, 5.74) is 1.90. The van der Waals surface area contributed by atoms with E-state index in [9.17, 15) is 4.79 Å². The lowest BCUT2D eigenvalue weighted by Gasteiger charge is -2.38. The molecular weight excluding hydrogens is 459 g/mol. The van der Waals surface area contributed by atoms with Crippen molar-refractivity contribution in [2.75, 3.05) is 33.2 Å². The predicted octanol–water partition coefficient (Wildman–Crippen LogP) is 3.09. The highest BCUT2D eigenvalue weighted by atomic mass is 127. The van der Waals surface area contributed by atoms with E-state index in [1.54, 1.807) is 0 Å². The molecule has 1 aromatic rings. The number of hydrogen-bond acceptors (Lipinski definition) is 3. The topological polar surface area (TPSA) is 47.9 Å². The Morgan fingerprint density at radius 2 is 2.15 bits per heavy atom. The Kier molecular flexibility index (Phi) is 6.48. The summed E-state index contributed by atoms with van der Waals surface area (Å²) < 4.78 is 0. The predicted molar refractivity (Wildman–Crippen MR) is 117 cm³/mol. The SMILES string of the molecule is CN=C(NCCC(=O)N1CCc2sccc2C1)N1CCC2(CCC2)C1.I. The van der Waals surface area contributed by atoms with E-state index < -0.39 is 0 Å². The highest BCUT2D eigenvalue weighted by Gasteiger charge is 2.43. The van der Waals surface area contributed by atoms with Crippen molar-refractivity contribution in [1.29, 1.82) is 0 Å². The fourth-order valence-electron chi connectivity index (χ4n) is 4.43. The molecule has 4 rings (SSSR count). The lowest BCUT2D eigenvalue weighted by atomic mass is 9.68. The minimum absolute atomic E-state index is 0. The molecule has 3 aliphatic rings. The Morgan fingerprint density at radius 1 is 1.31 bits per heavy atom. The molecule has 7 heteroatoms. The summed E-state index contributed by atoms with van der Waals surface area (Å²) in [5.74, 6) is 1.21. The van der Waals surface area contributed by atoms with Crippen molar-refractivity contribution in [3.8, 4) is 0 Å². The Bertz CT molecular complexity index is 670. The van der Waals surface area contributed by atoms with Gasteiger partial charge >= 0.3 is 0 Å². The van der Waals surface area contributed by atoms with Crippen molar-refractivity contribution < 1.29 is 4.79 Å². The second-order valence-corrected chi connectivity index (χ2v) is 8.68. The van der Waals surface area contributed by atoms with E-state index in [4.69, 9.17) is 0 Å². The number of fused-ring (bicyclic) bond motifs is 1. The fourth-order valence-corrected chi connectivity index (χ4v) is 5.32. The minimum atomic E-state index is 0. The zero-order chi connectivity index (χ0) is 17.3. The van der Waals surface area contributed by atoms with Crippen molar-refractivity contribution in [2.24, 2.45) is 10.4 Å². The summed E-state index contributed by atoms with van der Waals surface area (Å²) in [6.07, 6.45) is 6.97. The van der Waals surface area contributed by atoms with Gasteiger partial charge in [-0.25, -0.2) is 0 Å². The number of aliphatic imine (C=N–C) groups is 1. The number of thiophene rings is 1. The van der Waals surface area contributed by atoms with Crippen LogP contribution in [0.5, 0.6) is 0 Å². The fraction of sp³-hybridized carbons (Fsp3) is 0.684. The molecule has 26 heavy (non-hydrogen) atoms. The summed E-state index contributed by atoms with van der Waals surface area (Å²) in [7, 11) is 1.85. The third kappa shape index (κ3) is 4.03. The Hall–Kier alpha value is -0.830. The van der Waals surface area contributed by atoms with Crippen LogP contribution >= 0.6 is 35.3 Å². The van der Waals surface area contributed by atoms with E-state index in [-0.39, 0.29) is 29.9 Å². The van der Waals surface area contributed by atoms with Gasteiger partial charge in [0.25, 0.3) is 0 Å². The van der Waals surface area contributed by atoms with Gasteiger partial charge in [-0.1, -0.05) is 6.42 Å². The molecule has 1 aromatic heterocycles. The van der Waals surface area contributed by atoms with Gasteiger partial charge in [-0.05, 0) is 48.1 Å². The maximum absolute atomic E-state index is 12.5. The third-order valence-corrected chi connectivity index (χ3v) is 7.17. The van der Waals surface area contributed by atoms with Crippen molar-refractivity contribution in [3.05, 3.63) is 21.9 Å². The molecule has 0 radical (unpaired) electrons. The van der Waals surface area contributed by atoms with E-state index in [0.29, 0.717) is 18.4 Å². The first kappa shape index (κ1) is 19.9. The van der Waals surface area contributed by atoms with Crippen LogP contribution in [-0.2, 0) is 17.8 Å².